The molecule has 0 radical (unpaired) electrons. The Kier molecular flexibility index (Phi) is 5.12. The number of sulfonamides is 1. The van der Waals surface area contributed by atoms with E-state index in [4.69, 9.17) is 16.1 Å². The smallest absolute Gasteiger partial charge is 0.240 e. The van der Waals surface area contributed by atoms with E-state index in [0.29, 0.717) is 16.7 Å². The molecule has 0 saturated heterocycles. The van der Waals surface area contributed by atoms with Gasteiger partial charge in [-0.15, -0.1) is 0 Å². The van der Waals surface area contributed by atoms with E-state index in [1.807, 2.05) is 0 Å². The van der Waals surface area contributed by atoms with Crippen molar-refractivity contribution in [2.24, 2.45) is 0 Å². The zero-order valence-corrected chi connectivity index (χ0v) is 14.4. The minimum Gasteiger partial charge on any atom is -0.339 e. The highest BCUT2D eigenvalue weighted by Gasteiger charge is 2.15. The molecule has 3 aromatic rings. The van der Waals surface area contributed by atoms with Gasteiger partial charge >= 0.3 is 0 Å². The molecule has 0 amide bonds. The molecule has 1 heterocycles. The highest BCUT2D eigenvalue weighted by molar-refractivity contribution is 7.89. The fourth-order valence-electron chi connectivity index (χ4n) is 2.06. The predicted molar refractivity (Wildman–Crippen MR) is 90.0 cm³/mol. The van der Waals surface area contributed by atoms with Crippen LogP contribution >= 0.6 is 11.6 Å². The summed E-state index contributed by atoms with van der Waals surface area (Å²) in [5, 5.41) is 4.45. The lowest BCUT2D eigenvalue weighted by Crippen LogP contribution is -2.26. The van der Waals surface area contributed by atoms with Gasteiger partial charge in [0.1, 0.15) is 5.82 Å². The maximum absolute atomic E-state index is 12.9. The van der Waals surface area contributed by atoms with Crippen molar-refractivity contribution in [3.05, 3.63) is 65.3 Å². The molecule has 1 aromatic heterocycles. The van der Waals surface area contributed by atoms with Gasteiger partial charge in [0, 0.05) is 23.6 Å². The number of benzene rings is 2. The molecule has 9 heteroatoms. The number of hydrogen-bond acceptors (Lipinski definition) is 5. The molecule has 0 unspecified atom stereocenters. The van der Waals surface area contributed by atoms with Gasteiger partial charge in [-0.2, -0.15) is 4.98 Å². The number of nitrogens with zero attached hydrogens (tertiary/aromatic N) is 2. The van der Waals surface area contributed by atoms with Crippen molar-refractivity contribution in [2.45, 2.75) is 11.3 Å². The highest BCUT2D eigenvalue weighted by atomic mass is 35.5. The second-order valence-electron chi connectivity index (χ2n) is 5.12. The van der Waals surface area contributed by atoms with Crippen LogP contribution < -0.4 is 4.72 Å². The van der Waals surface area contributed by atoms with Gasteiger partial charge in [0.25, 0.3) is 0 Å². The topological polar surface area (TPSA) is 85.1 Å². The first-order chi connectivity index (χ1) is 11.9. The fourth-order valence-corrected chi connectivity index (χ4v) is 3.22. The van der Waals surface area contributed by atoms with Crippen LogP contribution in [0.4, 0.5) is 4.39 Å². The Morgan fingerprint density at radius 1 is 1.08 bits per heavy atom. The Morgan fingerprint density at radius 2 is 1.76 bits per heavy atom. The maximum atomic E-state index is 12.9. The third-order valence-electron chi connectivity index (χ3n) is 3.33. The van der Waals surface area contributed by atoms with Crippen molar-refractivity contribution in [1.82, 2.24) is 14.9 Å². The SMILES string of the molecule is O=S(=O)(NCCc1nc(-c2ccc(Cl)cc2)no1)c1ccc(F)cc1. The molecule has 3 rings (SSSR count). The van der Waals surface area contributed by atoms with Crippen molar-refractivity contribution < 1.29 is 17.3 Å². The molecule has 130 valence electrons. The molecular formula is C16H13ClFN3O3S. The van der Waals surface area contributed by atoms with E-state index in [9.17, 15) is 12.8 Å². The van der Waals surface area contributed by atoms with Crippen molar-refractivity contribution in [2.75, 3.05) is 6.54 Å². The maximum Gasteiger partial charge on any atom is 0.240 e. The molecule has 0 aliphatic heterocycles. The molecule has 6 nitrogen and oxygen atoms in total. The van der Waals surface area contributed by atoms with E-state index in [1.165, 1.54) is 12.1 Å². The molecule has 0 fully saturated rings. The van der Waals surface area contributed by atoms with E-state index in [1.54, 1.807) is 24.3 Å². The first-order valence-corrected chi connectivity index (χ1v) is 9.14. The first-order valence-electron chi connectivity index (χ1n) is 7.28. The van der Waals surface area contributed by atoms with Gasteiger partial charge in [0.2, 0.25) is 21.7 Å². The average molecular weight is 382 g/mol. The third-order valence-corrected chi connectivity index (χ3v) is 5.05. The average Bonchev–Trinajstić information content (AvgIpc) is 3.04. The zero-order valence-electron chi connectivity index (χ0n) is 12.8. The van der Waals surface area contributed by atoms with Crippen LogP contribution in [0.1, 0.15) is 5.89 Å². The number of halogens is 2. The first kappa shape index (κ1) is 17.5. The quantitative estimate of drug-likeness (QED) is 0.709. The van der Waals surface area contributed by atoms with Gasteiger partial charge in [-0.25, -0.2) is 17.5 Å². The van der Waals surface area contributed by atoms with Gasteiger partial charge in [0.05, 0.1) is 4.90 Å². The van der Waals surface area contributed by atoms with Gasteiger partial charge < -0.3 is 4.52 Å². The summed E-state index contributed by atoms with van der Waals surface area (Å²) in [6.07, 6.45) is 0.223. The Bertz CT molecular complexity index is 957. The Hall–Kier alpha value is -2.29. The number of aromatic nitrogens is 2. The van der Waals surface area contributed by atoms with Crippen molar-refractivity contribution >= 4 is 21.6 Å². The van der Waals surface area contributed by atoms with Crippen LogP contribution in [0.5, 0.6) is 0 Å². The van der Waals surface area contributed by atoms with Crippen LogP contribution in [0.25, 0.3) is 11.4 Å². The summed E-state index contributed by atoms with van der Waals surface area (Å²) in [5.41, 5.74) is 0.742. The van der Waals surface area contributed by atoms with Crippen LogP contribution in [0, 0.1) is 5.82 Å². The van der Waals surface area contributed by atoms with Crippen LogP contribution in [-0.2, 0) is 16.4 Å². The molecule has 0 aliphatic carbocycles. The van der Waals surface area contributed by atoms with Gasteiger partial charge in [0.15, 0.2) is 0 Å². The lowest BCUT2D eigenvalue weighted by Gasteiger charge is -2.05. The molecule has 0 bridgehead atoms. The lowest BCUT2D eigenvalue weighted by molar-refractivity contribution is 0.379. The van der Waals surface area contributed by atoms with Crippen LogP contribution in [0.15, 0.2) is 57.9 Å². The van der Waals surface area contributed by atoms with Crippen LogP contribution in [0.3, 0.4) is 0 Å². The minimum atomic E-state index is -3.72. The number of rotatable bonds is 6. The normalized spacial score (nSPS) is 11.6. The molecule has 2 aromatic carbocycles. The lowest BCUT2D eigenvalue weighted by atomic mass is 10.2. The van der Waals surface area contributed by atoms with Gasteiger partial charge in [-0.3, -0.25) is 0 Å². The van der Waals surface area contributed by atoms with E-state index < -0.39 is 15.8 Å². The minimum absolute atomic E-state index is 0.0127. The Labute approximate surface area is 148 Å². The Morgan fingerprint density at radius 3 is 2.44 bits per heavy atom. The number of nitrogens with one attached hydrogen (secondary N) is 1. The summed E-state index contributed by atoms with van der Waals surface area (Å²) in [6, 6.07) is 11.5. The molecule has 0 aliphatic rings. The summed E-state index contributed by atoms with van der Waals surface area (Å²) >= 11 is 5.82. The van der Waals surface area contributed by atoms with Crippen molar-refractivity contribution in [3.8, 4) is 11.4 Å². The highest BCUT2D eigenvalue weighted by Crippen LogP contribution is 2.18. The largest absolute Gasteiger partial charge is 0.339 e. The summed E-state index contributed by atoms with van der Waals surface area (Å²) in [6.45, 7) is 0.0714. The van der Waals surface area contributed by atoms with Gasteiger partial charge in [-0.1, -0.05) is 16.8 Å². The molecule has 25 heavy (non-hydrogen) atoms. The molecule has 0 atom stereocenters. The summed E-state index contributed by atoms with van der Waals surface area (Å²) in [5.74, 6) is 0.194. The van der Waals surface area contributed by atoms with E-state index in [2.05, 4.69) is 14.9 Å². The monoisotopic (exact) mass is 381 g/mol. The van der Waals surface area contributed by atoms with Crippen LogP contribution in [0.2, 0.25) is 5.02 Å². The molecule has 0 saturated carbocycles. The van der Waals surface area contributed by atoms with E-state index in [0.717, 1.165) is 17.7 Å². The number of hydrogen-bond donors (Lipinski definition) is 1. The van der Waals surface area contributed by atoms with Gasteiger partial charge in [-0.05, 0) is 48.5 Å². The van der Waals surface area contributed by atoms with E-state index in [-0.39, 0.29) is 17.9 Å². The zero-order chi connectivity index (χ0) is 17.9. The second-order valence-corrected chi connectivity index (χ2v) is 7.32. The van der Waals surface area contributed by atoms with Crippen LogP contribution in [-0.4, -0.2) is 25.1 Å². The molecular weight excluding hydrogens is 369 g/mol. The predicted octanol–water partition coefficient (Wildman–Crippen LogP) is 3.05. The fraction of sp³-hybridized carbons (Fsp3) is 0.125. The van der Waals surface area contributed by atoms with Crippen molar-refractivity contribution in [3.63, 3.8) is 0 Å². The standard InChI is InChI=1S/C16H13ClFN3O3S/c17-12-3-1-11(2-4-12)16-20-15(24-21-16)9-10-19-25(22,23)14-7-5-13(18)6-8-14/h1-8,19H,9-10H2. The summed E-state index contributed by atoms with van der Waals surface area (Å²) < 4.78 is 44.5. The second kappa shape index (κ2) is 7.30. The molecule has 1 N–H and O–H groups in total. The van der Waals surface area contributed by atoms with E-state index >= 15 is 0 Å². The third kappa shape index (κ3) is 4.41. The molecule has 0 spiro atoms. The van der Waals surface area contributed by atoms with Crippen molar-refractivity contribution in [1.29, 1.82) is 0 Å². The summed E-state index contributed by atoms with van der Waals surface area (Å²) in [7, 11) is -3.72. The Balaban J connectivity index is 1.61. The summed E-state index contributed by atoms with van der Waals surface area (Å²) in [4.78, 5) is 4.20.